The molecule has 1 heterocycles. The van der Waals surface area contributed by atoms with Crippen molar-refractivity contribution in [1.29, 1.82) is 0 Å². The number of nitrogens with zero attached hydrogens (tertiary/aromatic N) is 3. The molecule has 3 rings (SSSR count). The topological polar surface area (TPSA) is 120 Å². The van der Waals surface area contributed by atoms with Gasteiger partial charge in [-0.2, -0.15) is 0 Å². The smallest absolute Gasteiger partial charge is 0.276 e. The third kappa shape index (κ3) is 8.40. The van der Waals surface area contributed by atoms with E-state index >= 15 is 0 Å². The molecule has 0 spiro atoms. The molecule has 3 amide bonds. The van der Waals surface area contributed by atoms with Crippen molar-refractivity contribution in [3.63, 3.8) is 0 Å². The second-order valence-corrected chi connectivity index (χ2v) is 10.3. The van der Waals surface area contributed by atoms with Gasteiger partial charge >= 0.3 is 0 Å². The molecule has 2 aromatic carbocycles. The molecule has 0 unspecified atom stereocenters. The van der Waals surface area contributed by atoms with Crippen molar-refractivity contribution >= 4 is 41.0 Å². The predicted octanol–water partition coefficient (Wildman–Crippen LogP) is 3.63. The zero-order valence-electron chi connectivity index (χ0n) is 23.7. The average molecular weight is 569 g/mol. The van der Waals surface area contributed by atoms with Gasteiger partial charge in [-0.3, -0.25) is 14.4 Å². The molecule has 10 nitrogen and oxygen atoms in total. The van der Waals surface area contributed by atoms with Crippen molar-refractivity contribution in [3.05, 3.63) is 64.8 Å². The lowest BCUT2D eigenvalue weighted by molar-refractivity contribution is -0.126. The first kappa shape index (κ1) is 30.8. The Balaban J connectivity index is 1.70. The molecular weight excluding hydrogens is 528 g/mol. The van der Waals surface area contributed by atoms with Crippen LogP contribution in [-0.4, -0.2) is 74.4 Å². The molecule has 1 fully saturated rings. The second-order valence-electron chi connectivity index (χ2n) is 9.49. The van der Waals surface area contributed by atoms with Crippen LogP contribution in [0.3, 0.4) is 0 Å². The minimum Gasteiger partial charge on any atom is -0.497 e. The second kappa shape index (κ2) is 15.2. The van der Waals surface area contributed by atoms with E-state index in [9.17, 15) is 14.4 Å². The molecule has 11 heteroatoms. The number of likely N-dealkylation sites (N-methyl/N-ethyl adjacent to an activating group) is 1. The number of anilines is 2. The monoisotopic (exact) mass is 568 g/mol. The Bertz CT molecular complexity index is 1200. The number of nitrogens with one attached hydrogen (secondary N) is 2. The Kier molecular flexibility index (Phi) is 11.7. The summed E-state index contributed by atoms with van der Waals surface area (Å²) in [5.74, 6) is -0.200. The summed E-state index contributed by atoms with van der Waals surface area (Å²) in [6.45, 7) is 7.43. The van der Waals surface area contributed by atoms with Crippen LogP contribution in [-0.2, 0) is 9.59 Å². The quantitative estimate of drug-likeness (QED) is 0.190. The van der Waals surface area contributed by atoms with Gasteiger partial charge in [0.25, 0.3) is 11.8 Å². The standard InChI is InChI=1S/C29H40N6O4S/c1-5-35(21(2)36)29(26(30)28(38)33(3)24-12-14-25(39-4)15-13-24)40-32-23-11-8-10-22(20-23)27(37)31-16-9-19-34-17-6-7-18-34/h8,10-15,20,32H,5-7,9,16-19,30H2,1-4H3,(H,31,37)/b29-26+. The molecule has 216 valence electrons. The highest BCUT2D eigenvalue weighted by Crippen LogP contribution is 2.27. The Labute approximate surface area is 241 Å². The van der Waals surface area contributed by atoms with Crippen molar-refractivity contribution < 1.29 is 19.1 Å². The molecule has 40 heavy (non-hydrogen) atoms. The molecule has 0 radical (unpaired) electrons. The molecule has 0 aromatic heterocycles. The number of amides is 3. The lowest BCUT2D eigenvalue weighted by atomic mass is 10.2. The lowest BCUT2D eigenvalue weighted by Gasteiger charge is -2.26. The van der Waals surface area contributed by atoms with E-state index in [1.165, 1.54) is 29.6 Å². The van der Waals surface area contributed by atoms with E-state index in [0.717, 1.165) is 38.0 Å². The number of rotatable bonds is 13. The third-order valence-electron chi connectivity index (χ3n) is 6.69. The van der Waals surface area contributed by atoms with E-state index in [-0.39, 0.29) is 22.5 Å². The normalized spacial score (nSPS) is 13.8. The number of likely N-dealkylation sites (tertiary alicyclic amines) is 1. The first-order valence-electron chi connectivity index (χ1n) is 13.5. The van der Waals surface area contributed by atoms with Crippen LogP contribution in [0.15, 0.2) is 59.3 Å². The molecule has 0 atom stereocenters. The van der Waals surface area contributed by atoms with Gasteiger partial charge in [-0.1, -0.05) is 6.07 Å². The van der Waals surface area contributed by atoms with Crippen molar-refractivity contribution in [1.82, 2.24) is 15.1 Å². The van der Waals surface area contributed by atoms with Gasteiger partial charge in [0.05, 0.1) is 7.11 Å². The highest BCUT2D eigenvalue weighted by Gasteiger charge is 2.24. The first-order valence-corrected chi connectivity index (χ1v) is 14.3. The molecular formula is C29H40N6O4S. The summed E-state index contributed by atoms with van der Waals surface area (Å²) in [5, 5.41) is 3.26. The average Bonchev–Trinajstić information content (AvgIpc) is 3.50. The molecule has 2 aromatic rings. The minimum atomic E-state index is -0.462. The molecule has 0 bridgehead atoms. The van der Waals surface area contributed by atoms with Crippen LogP contribution in [0.1, 0.15) is 43.5 Å². The number of hydrogen-bond donors (Lipinski definition) is 3. The van der Waals surface area contributed by atoms with Crippen LogP contribution in [0.25, 0.3) is 0 Å². The van der Waals surface area contributed by atoms with E-state index < -0.39 is 5.91 Å². The zero-order chi connectivity index (χ0) is 29.1. The maximum Gasteiger partial charge on any atom is 0.276 e. The number of nitrogens with two attached hydrogens (primary N) is 1. The molecule has 1 aliphatic heterocycles. The van der Waals surface area contributed by atoms with Crippen LogP contribution < -0.4 is 25.4 Å². The lowest BCUT2D eigenvalue weighted by Crippen LogP contribution is -2.36. The Morgan fingerprint density at radius 1 is 1.10 bits per heavy atom. The fraction of sp³-hybridized carbons (Fsp3) is 0.414. The minimum absolute atomic E-state index is 0.0835. The van der Waals surface area contributed by atoms with Crippen LogP contribution in [0.4, 0.5) is 11.4 Å². The Morgan fingerprint density at radius 2 is 1.80 bits per heavy atom. The molecule has 1 saturated heterocycles. The summed E-state index contributed by atoms with van der Waals surface area (Å²) in [4.78, 5) is 43.7. The van der Waals surface area contributed by atoms with Crippen molar-refractivity contribution in [2.24, 2.45) is 5.73 Å². The SMILES string of the molecule is CCN(C(C)=O)/C(SNc1cccc(C(=O)NCCCN2CCCC2)c1)=C(\N)C(=O)N(C)c1ccc(OC)cc1. The van der Waals surface area contributed by atoms with Gasteiger partial charge in [0.2, 0.25) is 5.91 Å². The van der Waals surface area contributed by atoms with Gasteiger partial charge < -0.3 is 35.2 Å². The molecule has 1 aliphatic rings. The van der Waals surface area contributed by atoms with E-state index in [1.807, 2.05) is 6.92 Å². The van der Waals surface area contributed by atoms with Gasteiger partial charge in [0.15, 0.2) is 0 Å². The van der Waals surface area contributed by atoms with E-state index in [2.05, 4.69) is 14.9 Å². The predicted molar refractivity (Wildman–Crippen MR) is 161 cm³/mol. The number of carbonyl (C=O) groups is 3. The number of methoxy groups -OCH3 is 1. The maximum atomic E-state index is 13.3. The van der Waals surface area contributed by atoms with E-state index in [1.54, 1.807) is 62.7 Å². The van der Waals surface area contributed by atoms with E-state index in [0.29, 0.717) is 35.8 Å². The number of hydrogen-bond acceptors (Lipinski definition) is 8. The zero-order valence-corrected chi connectivity index (χ0v) is 24.6. The first-order chi connectivity index (χ1) is 19.2. The summed E-state index contributed by atoms with van der Waals surface area (Å²) in [6.07, 6.45) is 3.41. The van der Waals surface area contributed by atoms with Crippen LogP contribution in [0, 0.1) is 0 Å². The summed E-state index contributed by atoms with van der Waals surface area (Å²) in [7, 11) is 3.19. The Morgan fingerprint density at radius 3 is 2.42 bits per heavy atom. The van der Waals surface area contributed by atoms with Gasteiger partial charge in [0, 0.05) is 55.9 Å². The summed E-state index contributed by atoms with van der Waals surface area (Å²) >= 11 is 1.05. The van der Waals surface area contributed by atoms with Gasteiger partial charge in [-0.05, 0) is 88.3 Å². The van der Waals surface area contributed by atoms with Crippen molar-refractivity contribution in [2.45, 2.75) is 33.1 Å². The fourth-order valence-corrected chi connectivity index (χ4v) is 5.31. The van der Waals surface area contributed by atoms with E-state index in [4.69, 9.17) is 10.5 Å². The Hall–Kier alpha value is -3.70. The van der Waals surface area contributed by atoms with Crippen molar-refractivity contribution in [3.8, 4) is 5.75 Å². The van der Waals surface area contributed by atoms with Crippen LogP contribution in [0.5, 0.6) is 5.75 Å². The molecule has 0 aliphatic carbocycles. The maximum absolute atomic E-state index is 13.3. The summed E-state index contributed by atoms with van der Waals surface area (Å²) in [5.41, 5.74) is 8.05. The summed E-state index contributed by atoms with van der Waals surface area (Å²) in [6, 6.07) is 14.1. The number of benzene rings is 2. The molecule has 4 N–H and O–H groups in total. The highest BCUT2D eigenvalue weighted by atomic mass is 32.2. The molecule has 0 saturated carbocycles. The largest absolute Gasteiger partial charge is 0.497 e. The fourth-order valence-electron chi connectivity index (χ4n) is 4.40. The van der Waals surface area contributed by atoms with Crippen molar-refractivity contribution in [2.75, 3.05) is 56.5 Å². The summed E-state index contributed by atoms with van der Waals surface area (Å²) < 4.78 is 8.34. The number of carbonyl (C=O) groups excluding carboxylic acids is 3. The van der Waals surface area contributed by atoms with Gasteiger partial charge in [-0.15, -0.1) is 0 Å². The van der Waals surface area contributed by atoms with Gasteiger partial charge in [0.1, 0.15) is 16.5 Å². The van der Waals surface area contributed by atoms with Crippen LogP contribution >= 0.6 is 11.9 Å². The van der Waals surface area contributed by atoms with Gasteiger partial charge in [-0.25, -0.2) is 0 Å². The highest BCUT2D eigenvalue weighted by molar-refractivity contribution is 8.04. The third-order valence-corrected chi connectivity index (χ3v) is 7.66. The number of ether oxygens (including phenoxy) is 1. The van der Waals surface area contributed by atoms with Crippen LogP contribution in [0.2, 0.25) is 0 Å².